The first-order valence-electron chi connectivity index (χ1n) is 21.9. The van der Waals surface area contributed by atoms with Gasteiger partial charge in [-0.25, -0.2) is 12.2 Å². The number of aryl methyl sites for hydroxylation is 2. The van der Waals surface area contributed by atoms with Crippen molar-refractivity contribution in [3.05, 3.63) is 227 Å². The average Bonchev–Trinajstić information content (AvgIpc) is 3.97. The zero-order valence-electron chi connectivity index (χ0n) is 38.3. The molecule has 8 aromatic rings. The van der Waals surface area contributed by atoms with E-state index in [4.69, 9.17) is 0 Å². The molecule has 2 aliphatic carbocycles. The molecule has 0 amide bonds. The van der Waals surface area contributed by atoms with Crippen LogP contribution in [0.15, 0.2) is 170 Å². The topological polar surface area (TPSA) is 0 Å². The Morgan fingerprint density at radius 1 is 0.500 bits per heavy atom. The monoisotopic (exact) mass is 948 g/mol. The molecular weight excluding hydrogens is 895 g/mol. The van der Waals surface area contributed by atoms with Gasteiger partial charge in [-0.15, -0.1) is 35.2 Å². The van der Waals surface area contributed by atoms with Gasteiger partial charge >= 0.3 is 145 Å². The summed E-state index contributed by atoms with van der Waals surface area (Å²) in [5, 5.41) is 5.21. The van der Waals surface area contributed by atoms with Crippen molar-refractivity contribution in [1.29, 1.82) is 0 Å². The summed E-state index contributed by atoms with van der Waals surface area (Å²) >= 11 is 1.44. The molecule has 0 N–H and O–H groups in total. The molecule has 0 saturated heterocycles. The van der Waals surface area contributed by atoms with Gasteiger partial charge in [-0.1, -0.05) is 124 Å². The van der Waals surface area contributed by atoms with Crippen molar-refractivity contribution in [1.82, 2.24) is 0 Å². The number of benzene rings is 8. The van der Waals surface area contributed by atoms with Crippen LogP contribution < -0.4 is 24.8 Å². The predicted molar refractivity (Wildman–Crippen MR) is 264 cm³/mol. The van der Waals surface area contributed by atoms with E-state index in [1.54, 1.807) is 0 Å². The molecule has 0 fully saturated rings. The first kappa shape index (κ1) is 48.5. The molecule has 3 heteroatoms. The fourth-order valence-corrected chi connectivity index (χ4v) is 9.54. The minimum absolute atomic E-state index is 0. The molecule has 2 aliphatic rings. The van der Waals surface area contributed by atoms with E-state index in [0.29, 0.717) is 0 Å². The Bertz CT molecular complexity index is 2820. The van der Waals surface area contributed by atoms with Gasteiger partial charge in [0.1, 0.15) is 0 Å². The molecule has 0 aliphatic heterocycles. The van der Waals surface area contributed by atoms with Gasteiger partial charge in [0.25, 0.3) is 0 Å². The number of hydrogen-bond donors (Lipinski definition) is 0. The summed E-state index contributed by atoms with van der Waals surface area (Å²) in [6.45, 7) is 18.4. The van der Waals surface area contributed by atoms with Gasteiger partial charge in [0.2, 0.25) is 0 Å². The van der Waals surface area contributed by atoms with Gasteiger partial charge in [-0.2, -0.15) is 6.08 Å². The second-order valence-corrected chi connectivity index (χ2v) is 20.0. The molecule has 0 heterocycles. The molecule has 64 heavy (non-hydrogen) atoms. The Kier molecular flexibility index (Phi) is 15.6. The summed E-state index contributed by atoms with van der Waals surface area (Å²) in [7, 11) is 0. The molecule has 0 saturated carbocycles. The molecule has 0 unspecified atom stereocenters. The van der Waals surface area contributed by atoms with Crippen molar-refractivity contribution < 1.29 is 49.0 Å². The number of allylic oxidation sites excluding steroid dienone is 4. The zero-order chi connectivity index (χ0) is 43.6. The quantitative estimate of drug-likeness (QED) is 0.154. The standard InChI is InChI=1S/C35H37.C21H14.C5H5.2ClH.Zr/c1-22-13-9-11-15-26(22)30-18-24-17-25-19-31(27-16-12-10-14-23(27)2)33(35(6,7)8)21-29(25)28(24)20-32(30)34(3,4)5;1-3-7-20-14-16(9-11-18(20)5-1)13-17-10-12-19-6-2-4-8-21(19)15-17;1-2-4-5-3-1;;;/h9-16,18,20-21H,17H2,1-8H3;1-12,14-15H;1-3H,4H2;2*1H;/q-1;;-1;;;+2/p-2. The van der Waals surface area contributed by atoms with Crippen LogP contribution in [-0.2, 0) is 41.5 Å². The Morgan fingerprint density at radius 3 is 1.48 bits per heavy atom. The van der Waals surface area contributed by atoms with Crippen LogP contribution in [0.3, 0.4) is 0 Å². The Hall–Kier alpha value is -4.91. The predicted octanol–water partition coefficient (Wildman–Crippen LogP) is 10.0. The number of hydrogen-bond acceptors (Lipinski definition) is 0. The first-order valence-corrected chi connectivity index (χ1v) is 23.2. The second-order valence-electron chi connectivity index (χ2n) is 18.8. The van der Waals surface area contributed by atoms with Crippen molar-refractivity contribution in [2.75, 3.05) is 0 Å². The molecule has 320 valence electrons. The van der Waals surface area contributed by atoms with Crippen LogP contribution in [0.1, 0.15) is 92.5 Å². The van der Waals surface area contributed by atoms with Gasteiger partial charge in [-0.3, -0.25) is 6.08 Å². The molecule has 10 rings (SSSR count). The summed E-state index contributed by atoms with van der Waals surface area (Å²) in [5.41, 5.74) is 18.9. The molecular formula is C61H56Cl2Zr-2. The van der Waals surface area contributed by atoms with Gasteiger partial charge < -0.3 is 24.8 Å². The maximum absolute atomic E-state index is 3.93. The van der Waals surface area contributed by atoms with Gasteiger partial charge in [0, 0.05) is 0 Å². The van der Waals surface area contributed by atoms with Crippen LogP contribution in [0.2, 0.25) is 0 Å². The molecule has 0 spiro atoms. The Labute approximate surface area is 409 Å². The van der Waals surface area contributed by atoms with E-state index in [-0.39, 0.29) is 35.6 Å². The van der Waals surface area contributed by atoms with Crippen LogP contribution in [0.5, 0.6) is 0 Å². The maximum atomic E-state index is 3.93. The fraction of sp³-hybridized carbons (Fsp3) is 0.197. The van der Waals surface area contributed by atoms with Crippen molar-refractivity contribution in [2.45, 2.75) is 79.1 Å². The molecule has 0 aromatic heterocycles. The molecule has 0 atom stereocenters. The Morgan fingerprint density at radius 2 is 1.00 bits per heavy atom. The summed E-state index contributed by atoms with van der Waals surface area (Å²) < 4.78 is 1.41. The van der Waals surface area contributed by atoms with E-state index in [1.807, 2.05) is 12.2 Å². The van der Waals surface area contributed by atoms with Crippen LogP contribution in [0, 0.1) is 26.0 Å². The van der Waals surface area contributed by atoms with Gasteiger partial charge in [-0.05, 0) is 58.9 Å². The van der Waals surface area contributed by atoms with E-state index in [0.717, 1.165) is 12.8 Å². The third-order valence-electron chi connectivity index (χ3n) is 12.2. The summed E-state index contributed by atoms with van der Waals surface area (Å²) in [4.78, 5) is 0. The number of halogens is 2. The normalized spacial score (nSPS) is 12.3. The molecule has 0 radical (unpaired) electrons. The van der Waals surface area contributed by atoms with E-state index >= 15 is 0 Å². The van der Waals surface area contributed by atoms with Crippen LogP contribution in [0.25, 0.3) is 54.9 Å². The third kappa shape index (κ3) is 10.6. The minimum atomic E-state index is 0. The molecule has 0 bridgehead atoms. The van der Waals surface area contributed by atoms with Crippen molar-refractivity contribution >= 4 is 24.8 Å². The molecule has 0 nitrogen and oxygen atoms in total. The van der Waals surface area contributed by atoms with Crippen LogP contribution in [-0.4, -0.2) is 3.21 Å². The SMILES string of the molecule is Cc1ccccc1-c1[c-]c2c(cc1C(C)(C)C)-c1cc(C(C)(C)C)c(-c3ccccc3C)cc1C2.[C-]1=CC=CC1.[Cl-].[Cl-].[Zr+2]=[C](c1ccc2ccccc2c1)c1ccc2ccccc2c1. The zero-order valence-corrected chi connectivity index (χ0v) is 42.3. The van der Waals surface area contributed by atoms with E-state index in [9.17, 15) is 0 Å². The van der Waals surface area contributed by atoms with Crippen LogP contribution >= 0.6 is 0 Å². The average molecular weight is 951 g/mol. The summed E-state index contributed by atoms with van der Waals surface area (Å²) in [5.74, 6) is 0. The second kappa shape index (κ2) is 20.5. The van der Waals surface area contributed by atoms with E-state index < -0.39 is 0 Å². The molecule has 8 aromatic carbocycles. The summed E-state index contributed by atoms with van der Waals surface area (Å²) in [6.07, 6.45) is 10.9. The van der Waals surface area contributed by atoms with Gasteiger partial charge in [0.15, 0.2) is 0 Å². The third-order valence-corrected chi connectivity index (χ3v) is 13.6. The van der Waals surface area contributed by atoms with Crippen molar-refractivity contribution in [3.63, 3.8) is 0 Å². The van der Waals surface area contributed by atoms with Crippen molar-refractivity contribution in [3.8, 4) is 33.4 Å². The fourth-order valence-electron chi connectivity index (χ4n) is 8.77. The number of fused-ring (bicyclic) bond motifs is 5. The van der Waals surface area contributed by atoms with E-state index in [1.165, 1.54) is 127 Å². The van der Waals surface area contributed by atoms with Crippen molar-refractivity contribution in [2.24, 2.45) is 0 Å². The first-order chi connectivity index (χ1) is 29.8. The van der Waals surface area contributed by atoms with Crippen LogP contribution in [0.4, 0.5) is 0 Å². The Balaban J connectivity index is 0.000000200. The van der Waals surface area contributed by atoms with E-state index in [2.05, 4.69) is 225 Å². The summed E-state index contributed by atoms with van der Waals surface area (Å²) in [6, 6.07) is 59.5. The van der Waals surface area contributed by atoms with Gasteiger partial charge in [0.05, 0.1) is 0 Å². The number of rotatable bonds is 4.